The van der Waals surface area contributed by atoms with Crippen LogP contribution in [0.1, 0.15) is 37.8 Å². The number of hydrogen-bond donors (Lipinski definition) is 2. The molecule has 5 heteroatoms. The molecule has 2 amide bonds. The van der Waals surface area contributed by atoms with Crippen molar-refractivity contribution in [3.63, 3.8) is 0 Å². The van der Waals surface area contributed by atoms with E-state index in [0.29, 0.717) is 13.1 Å². The van der Waals surface area contributed by atoms with Gasteiger partial charge in [0.25, 0.3) is 0 Å². The highest BCUT2D eigenvalue weighted by Gasteiger charge is 2.12. The number of carbonyl (C=O) groups excluding carboxylic acids is 1. The monoisotopic (exact) mass is 253 g/mol. The number of aromatic nitrogens is 1. The normalized spacial score (nSPS) is 11.4. The van der Waals surface area contributed by atoms with Gasteiger partial charge in [-0.05, 0) is 25.7 Å². The van der Waals surface area contributed by atoms with E-state index in [1.807, 2.05) is 13.8 Å². The first-order chi connectivity index (χ1) is 8.29. The Morgan fingerprint density at radius 1 is 1.28 bits per heavy atom. The molecule has 0 spiro atoms. The van der Waals surface area contributed by atoms with E-state index in [1.165, 1.54) is 0 Å². The van der Waals surface area contributed by atoms with Crippen LogP contribution in [0.5, 0.6) is 0 Å². The highest BCUT2D eigenvalue weighted by atomic mass is 16.5. The fourth-order valence-electron chi connectivity index (χ4n) is 1.57. The maximum atomic E-state index is 11.5. The molecule has 1 aromatic rings. The molecule has 0 saturated heterocycles. The Balaban J connectivity index is 2.28. The van der Waals surface area contributed by atoms with Gasteiger partial charge in [0.05, 0.1) is 5.69 Å². The first-order valence-electron chi connectivity index (χ1n) is 6.23. The second kappa shape index (κ2) is 5.89. The van der Waals surface area contributed by atoms with E-state index >= 15 is 0 Å². The molecule has 1 heterocycles. The van der Waals surface area contributed by atoms with Crippen LogP contribution in [0.2, 0.25) is 0 Å². The van der Waals surface area contributed by atoms with Crippen LogP contribution in [0, 0.1) is 19.3 Å². The van der Waals surface area contributed by atoms with Crippen LogP contribution in [0.25, 0.3) is 0 Å². The quantitative estimate of drug-likeness (QED) is 0.864. The summed E-state index contributed by atoms with van der Waals surface area (Å²) in [6.45, 7) is 11.3. The molecule has 18 heavy (non-hydrogen) atoms. The van der Waals surface area contributed by atoms with Gasteiger partial charge in [-0.3, -0.25) is 0 Å². The van der Waals surface area contributed by atoms with Crippen molar-refractivity contribution in [3.8, 4) is 0 Å². The second-order valence-electron chi connectivity index (χ2n) is 5.72. The lowest BCUT2D eigenvalue weighted by atomic mass is 9.97. The molecular weight excluding hydrogens is 230 g/mol. The third kappa shape index (κ3) is 4.77. The van der Waals surface area contributed by atoms with Crippen molar-refractivity contribution in [1.29, 1.82) is 0 Å². The second-order valence-corrected chi connectivity index (χ2v) is 5.72. The van der Waals surface area contributed by atoms with Crippen molar-refractivity contribution in [2.45, 2.75) is 41.0 Å². The summed E-state index contributed by atoms with van der Waals surface area (Å²) in [5.41, 5.74) is 2.06. The summed E-state index contributed by atoms with van der Waals surface area (Å²) in [5, 5.41) is 9.55. The molecule has 0 aromatic carbocycles. The summed E-state index contributed by atoms with van der Waals surface area (Å²) in [7, 11) is 0. The van der Waals surface area contributed by atoms with E-state index in [0.717, 1.165) is 23.4 Å². The van der Waals surface area contributed by atoms with E-state index in [1.54, 1.807) is 0 Å². The highest BCUT2D eigenvalue weighted by molar-refractivity contribution is 5.73. The van der Waals surface area contributed by atoms with Gasteiger partial charge in [0.2, 0.25) is 0 Å². The van der Waals surface area contributed by atoms with Gasteiger partial charge in [0.15, 0.2) is 0 Å². The fourth-order valence-corrected chi connectivity index (χ4v) is 1.57. The Bertz CT molecular complexity index is 385. The average molecular weight is 253 g/mol. The summed E-state index contributed by atoms with van der Waals surface area (Å²) in [4.78, 5) is 11.5. The first-order valence-corrected chi connectivity index (χ1v) is 6.23. The molecule has 0 atom stereocenters. The van der Waals surface area contributed by atoms with Crippen LogP contribution in [0.15, 0.2) is 4.52 Å². The molecule has 1 aromatic heterocycles. The smallest absolute Gasteiger partial charge is 0.314 e. The van der Waals surface area contributed by atoms with Gasteiger partial charge in [-0.15, -0.1) is 0 Å². The molecule has 0 fully saturated rings. The number of hydrogen-bond acceptors (Lipinski definition) is 3. The van der Waals surface area contributed by atoms with Crippen molar-refractivity contribution in [1.82, 2.24) is 15.8 Å². The summed E-state index contributed by atoms with van der Waals surface area (Å²) >= 11 is 0. The summed E-state index contributed by atoms with van der Waals surface area (Å²) in [5.74, 6) is 0.824. The average Bonchev–Trinajstić information content (AvgIpc) is 2.57. The van der Waals surface area contributed by atoms with E-state index in [-0.39, 0.29) is 11.4 Å². The number of amides is 2. The number of nitrogens with one attached hydrogen (secondary N) is 2. The zero-order valence-corrected chi connectivity index (χ0v) is 11.9. The molecule has 0 aliphatic heterocycles. The van der Waals surface area contributed by atoms with Gasteiger partial charge >= 0.3 is 6.03 Å². The fraction of sp³-hybridized carbons (Fsp3) is 0.692. The number of carbonyl (C=O) groups is 1. The molecule has 5 nitrogen and oxygen atoms in total. The minimum absolute atomic E-state index is 0.0962. The van der Waals surface area contributed by atoms with Crippen molar-refractivity contribution in [3.05, 3.63) is 17.0 Å². The number of urea groups is 1. The highest BCUT2D eigenvalue weighted by Crippen LogP contribution is 2.12. The van der Waals surface area contributed by atoms with E-state index in [9.17, 15) is 4.79 Å². The van der Waals surface area contributed by atoms with Gasteiger partial charge in [0.1, 0.15) is 5.76 Å². The Hall–Kier alpha value is -1.52. The van der Waals surface area contributed by atoms with Gasteiger partial charge in [-0.25, -0.2) is 4.79 Å². The van der Waals surface area contributed by atoms with E-state index in [4.69, 9.17) is 4.52 Å². The van der Waals surface area contributed by atoms with Gasteiger partial charge in [0, 0.05) is 18.7 Å². The molecule has 0 aliphatic rings. The van der Waals surface area contributed by atoms with Crippen LogP contribution >= 0.6 is 0 Å². The predicted molar refractivity (Wildman–Crippen MR) is 70.5 cm³/mol. The number of rotatable bonds is 4. The molecule has 0 saturated carbocycles. The van der Waals surface area contributed by atoms with Crippen molar-refractivity contribution in [2.75, 3.05) is 13.1 Å². The zero-order chi connectivity index (χ0) is 13.8. The summed E-state index contributed by atoms with van der Waals surface area (Å²) < 4.78 is 5.07. The Morgan fingerprint density at radius 3 is 2.44 bits per heavy atom. The summed E-state index contributed by atoms with van der Waals surface area (Å²) in [6, 6.07) is -0.128. The lowest BCUT2D eigenvalue weighted by Crippen LogP contribution is -2.40. The van der Waals surface area contributed by atoms with Crippen molar-refractivity contribution >= 4 is 6.03 Å². The molecule has 1 rings (SSSR count). The van der Waals surface area contributed by atoms with Crippen LogP contribution in [0.4, 0.5) is 4.79 Å². The lowest BCUT2D eigenvalue weighted by molar-refractivity contribution is 0.235. The number of nitrogens with zero attached hydrogens (tertiary/aromatic N) is 1. The summed E-state index contributed by atoms with van der Waals surface area (Å²) in [6.07, 6.45) is 0.740. The van der Waals surface area contributed by atoms with Gasteiger partial charge in [-0.1, -0.05) is 25.9 Å². The van der Waals surface area contributed by atoms with Gasteiger partial charge in [-0.2, -0.15) is 0 Å². The maximum absolute atomic E-state index is 11.5. The van der Waals surface area contributed by atoms with Crippen LogP contribution in [0.3, 0.4) is 0 Å². The topological polar surface area (TPSA) is 67.2 Å². The molecule has 102 valence electrons. The lowest BCUT2D eigenvalue weighted by Gasteiger charge is -2.18. The third-order valence-electron chi connectivity index (χ3n) is 2.62. The van der Waals surface area contributed by atoms with Crippen LogP contribution in [-0.2, 0) is 6.42 Å². The Kier molecular flexibility index (Phi) is 4.76. The van der Waals surface area contributed by atoms with E-state index < -0.39 is 0 Å². The van der Waals surface area contributed by atoms with Crippen molar-refractivity contribution in [2.24, 2.45) is 5.41 Å². The molecule has 0 radical (unpaired) electrons. The van der Waals surface area contributed by atoms with E-state index in [2.05, 4.69) is 36.6 Å². The standard InChI is InChI=1S/C13H23N3O2/c1-9-11(10(2)18-16-9)6-7-14-12(17)15-8-13(3,4)5/h6-8H2,1-5H3,(H2,14,15,17). The zero-order valence-electron chi connectivity index (χ0n) is 11.9. The van der Waals surface area contributed by atoms with Crippen molar-refractivity contribution < 1.29 is 9.32 Å². The minimum Gasteiger partial charge on any atom is -0.361 e. The molecule has 0 unspecified atom stereocenters. The minimum atomic E-state index is -0.128. The van der Waals surface area contributed by atoms with Crippen LogP contribution in [-0.4, -0.2) is 24.3 Å². The van der Waals surface area contributed by atoms with Gasteiger partial charge < -0.3 is 15.2 Å². The number of aryl methyl sites for hydroxylation is 2. The molecule has 2 N–H and O–H groups in total. The Labute approximate surface area is 108 Å². The third-order valence-corrected chi connectivity index (χ3v) is 2.62. The molecule has 0 aliphatic carbocycles. The predicted octanol–water partition coefficient (Wildman–Crippen LogP) is 2.18. The maximum Gasteiger partial charge on any atom is 0.314 e. The Morgan fingerprint density at radius 2 is 1.94 bits per heavy atom. The van der Waals surface area contributed by atoms with Crippen LogP contribution < -0.4 is 10.6 Å². The largest absolute Gasteiger partial charge is 0.361 e. The SMILES string of the molecule is Cc1noc(C)c1CCNC(=O)NCC(C)(C)C. The first kappa shape index (κ1) is 14.5. The molecular formula is C13H23N3O2. The molecule has 0 bridgehead atoms.